The lowest BCUT2D eigenvalue weighted by atomic mass is 10.0. The molecule has 0 radical (unpaired) electrons. The minimum atomic E-state index is 0.256. The fourth-order valence-corrected chi connectivity index (χ4v) is 2.72. The smallest absolute Gasteiger partial charge is 0.223 e. The Morgan fingerprint density at radius 2 is 2.28 bits per heavy atom. The van der Waals surface area contributed by atoms with E-state index in [1.807, 2.05) is 6.07 Å². The van der Waals surface area contributed by atoms with E-state index in [-0.39, 0.29) is 5.95 Å². The van der Waals surface area contributed by atoms with Crippen molar-refractivity contribution < 1.29 is 0 Å². The van der Waals surface area contributed by atoms with Crippen molar-refractivity contribution in [2.75, 3.05) is 17.2 Å². The number of halogens is 1. The van der Waals surface area contributed by atoms with Crippen molar-refractivity contribution in [1.29, 1.82) is 0 Å². The van der Waals surface area contributed by atoms with Crippen LogP contribution >= 0.6 is 11.6 Å². The van der Waals surface area contributed by atoms with Gasteiger partial charge in [0.05, 0.1) is 0 Å². The molecule has 0 saturated carbocycles. The fraction of sp³-hybridized carbons (Fsp3) is 0.692. The van der Waals surface area contributed by atoms with Crippen LogP contribution in [-0.2, 0) is 0 Å². The normalized spacial score (nSPS) is 19.8. The molecular formula is C13H21ClN4. The molecule has 1 aromatic heterocycles. The van der Waals surface area contributed by atoms with Gasteiger partial charge in [-0.3, -0.25) is 0 Å². The van der Waals surface area contributed by atoms with E-state index < -0.39 is 0 Å². The number of anilines is 2. The van der Waals surface area contributed by atoms with Gasteiger partial charge in [-0.1, -0.05) is 25.4 Å². The van der Waals surface area contributed by atoms with E-state index >= 15 is 0 Å². The van der Waals surface area contributed by atoms with Crippen LogP contribution in [0.3, 0.4) is 0 Å². The maximum Gasteiger partial charge on any atom is 0.223 e. The lowest BCUT2D eigenvalue weighted by Gasteiger charge is -2.26. The largest absolute Gasteiger partial charge is 0.368 e. The minimum absolute atomic E-state index is 0.256. The third-order valence-electron chi connectivity index (χ3n) is 3.45. The maximum atomic E-state index is 5.95. The molecule has 1 fully saturated rings. The standard InChI is InChI=1S/C13H21ClN4/c1-9(2)5-6-10-4-3-7-18(10)12-8-11(14)16-13(15)17-12/h8-10H,3-7H2,1-2H3,(H2,15,16,17). The first kappa shape index (κ1) is 13.4. The van der Waals surface area contributed by atoms with Crippen LogP contribution in [0.25, 0.3) is 0 Å². The summed E-state index contributed by atoms with van der Waals surface area (Å²) in [7, 11) is 0. The summed E-state index contributed by atoms with van der Waals surface area (Å²) in [6.45, 7) is 5.56. The van der Waals surface area contributed by atoms with Crippen LogP contribution in [-0.4, -0.2) is 22.6 Å². The molecule has 18 heavy (non-hydrogen) atoms. The van der Waals surface area contributed by atoms with E-state index in [1.54, 1.807) is 0 Å². The van der Waals surface area contributed by atoms with Crippen molar-refractivity contribution in [2.24, 2.45) is 5.92 Å². The Bertz CT molecular complexity index is 388. The lowest BCUT2D eigenvalue weighted by Crippen LogP contribution is -2.30. The first-order valence-electron chi connectivity index (χ1n) is 6.63. The van der Waals surface area contributed by atoms with Gasteiger partial charge in [-0.2, -0.15) is 4.98 Å². The van der Waals surface area contributed by atoms with Gasteiger partial charge in [-0.25, -0.2) is 4.98 Å². The van der Waals surface area contributed by atoms with Crippen LogP contribution in [0.15, 0.2) is 6.07 Å². The van der Waals surface area contributed by atoms with Crippen LogP contribution in [0.2, 0.25) is 5.15 Å². The molecule has 1 unspecified atom stereocenters. The first-order valence-corrected chi connectivity index (χ1v) is 7.00. The second-order valence-electron chi connectivity index (χ2n) is 5.37. The molecule has 1 aromatic rings. The second kappa shape index (κ2) is 5.74. The maximum absolute atomic E-state index is 5.95. The number of hydrogen-bond donors (Lipinski definition) is 1. The van der Waals surface area contributed by atoms with Crippen molar-refractivity contribution in [3.05, 3.63) is 11.2 Å². The van der Waals surface area contributed by atoms with E-state index in [2.05, 4.69) is 28.7 Å². The molecule has 2 rings (SSSR count). The topological polar surface area (TPSA) is 55.0 Å². The number of nitrogens with two attached hydrogens (primary N) is 1. The Labute approximate surface area is 114 Å². The molecule has 4 nitrogen and oxygen atoms in total. The average Bonchev–Trinajstić information content (AvgIpc) is 2.72. The van der Waals surface area contributed by atoms with Crippen LogP contribution < -0.4 is 10.6 Å². The molecule has 5 heteroatoms. The minimum Gasteiger partial charge on any atom is -0.368 e. The van der Waals surface area contributed by atoms with Crippen LogP contribution in [0.4, 0.5) is 11.8 Å². The molecule has 0 spiro atoms. The SMILES string of the molecule is CC(C)CCC1CCCN1c1cc(Cl)nc(N)n1. The Morgan fingerprint density at radius 1 is 1.50 bits per heavy atom. The highest BCUT2D eigenvalue weighted by Gasteiger charge is 2.26. The second-order valence-corrected chi connectivity index (χ2v) is 5.75. The predicted molar refractivity (Wildman–Crippen MR) is 75.9 cm³/mol. The number of nitrogens with zero attached hydrogens (tertiary/aromatic N) is 3. The van der Waals surface area contributed by atoms with Gasteiger partial charge in [0.1, 0.15) is 11.0 Å². The monoisotopic (exact) mass is 268 g/mol. The summed E-state index contributed by atoms with van der Waals surface area (Å²) in [5.41, 5.74) is 5.66. The number of rotatable bonds is 4. The number of nitrogen functional groups attached to an aromatic ring is 1. The van der Waals surface area contributed by atoms with Gasteiger partial charge in [-0.05, 0) is 31.6 Å². The molecule has 0 amide bonds. The van der Waals surface area contributed by atoms with Crippen LogP contribution in [0.1, 0.15) is 39.5 Å². The lowest BCUT2D eigenvalue weighted by molar-refractivity contribution is 0.494. The molecule has 1 atom stereocenters. The Morgan fingerprint density at radius 3 is 2.94 bits per heavy atom. The van der Waals surface area contributed by atoms with Crippen molar-refractivity contribution in [3.8, 4) is 0 Å². The van der Waals surface area contributed by atoms with Gasteiger partial charge in [0.2, 0.25) is 5.95 Å². The van der Waals surface area contributed by atoms with Crippen molar-refractivity contribution >= 4 is 23.4 Å². The first-order chi connectivity index (χ1) is 8.56. The average molecular weight is 269 g/mol. The molecule has 1 aliphatic heterocycles. The highest BCUT2D eigenvalue weighted by Crippen LogP contribution is 2.29. The fourth-order valence-electron chi connectivity index (χ4n) is 2.53. The molecule has 100 valence electrons. The molecule has 1 aliphatic rings. The summed E-state index contributed by atoms with van der Waals surface area (Å²) >= 11 is 5.95. The van der Waals surface area contributed by atoms with E-state index in [1.165, 1.54) is 25.7 Å². The molecule has 2 heterocycles. The third kappa shape index (κ3) is 3.25. The molecule has 1 saturated heterocycles. The van der Waals surface area contributed by atoms with Gasteiger partial charge in [0.25, 0.3) is 0 Å². The summed E-state index contributed by atoms with van der Waals surface area (Å²) in [6.07, 6.45) is 4.90. The Balaban J connectivity index is 2.10. The van der Waals surface area contributed by atoms with Crippen molar-refractivity contribution in [2.45, 2.75) is 45.6 Å². The van der Waals surface area contributed by atoms with Gasteiger partial charge in [0.15, 0.2) is 0 Å². The molecule has 2 N–H and O–H groups in total. The van der Waals surface area contributed by atoms with Gasteiger partial charge < -0.3 is 10.6 Å². The van der Waals surface area contributed by atoms with E-state index in [0.29, 0.717) is 11.2 Å². The zero-order valence-electron chi connectivity index (χ0n) is 11.1. The zero-order chi connectivity index (χ0) is 13.1. The van der Waals surface area contributed by atoms with Crippen molar-refractivity contribution in [1.82, 2.24) is 9.97 Å². The van der Waals surface area contributed by atoms with Gasteiger partial charge in [-0.15, -0.1) is 0 Å². The number of aromatic nitrogens is 2. The Kier molecular flexibility index (Phi) is 4.27. The van der Waals surface area contributed by atoms with E-state index in [9.17, 15) is 0 Å². The molecule has 0 bridgehead atoms. The molecule has 0 aliphatic carbocycles. The van der Waals surface area contributed by atoms with E-state index in [0.717, 1.165) is 18.3 Å². The highest BCUT2D eigenvalue weighted by atomic mass is 35.5. The highest BCUT2D eigenvalue weighted by molar-refractivity contribution is 6.29. The predicted octanol–water partition coefficient (Wildman–Crippen LogP) is 3.12. The summed E-state index contributed by atoms with van der Waals surface area (Å²) in [6, 6.07) is 2.38. The Hall–Kier alpha value is -1.03. The molecular weight excluding hydrogens is 248 g/mol. The van der Waals surface area contributed by atoms with Crippen LogP contribution in [0, 0.1) is 5.92 Å². The summed E-state index contributed by atoms with van der Waals surface area (Å²) in [4.78, 5) is 10.5. The van der Waals surface area contributed by atoms with E-state index in [4.69, 9.17) is 17.3 Å². The summed E-state index contributed by atoms with van der Waals surface area (Å²) < 4.78 is 0. The summed E-state index contributed by atoms with van der Waals surface area (Å²) in [5, 5.41) is 0.423. The van der Waals surface area contributed by atoms with Crippen molar-refractivity contribution in [3.63, 3.8) is 0 Å². The number of hydrogen-bond acceptors (Lipinski definition) is 4. The quantitative estimate of drug-likeness (QED) is 0.853. The van der Waals surface area contributed by atoms with Crippen LogP contribution in [0.5, 0.6) is 0 Å². The third-order valence-corrected chi connectivity index (χ3v) is 3.64. The van der Waals surface area contributed by atoms with Gasteiger partial charge in [0, 0.05) is 18.7 Å². The molecule has 0 aromatic carbocycles. The van der Waals surface area contributed by atoms with Gasteiger partial charge >= 0.3 is 0 Å². The zero-order valence-corrected chi connectivity index (χ0v) is 11.8. The summed E-state index contributed by atoms with van der Waals surface area (Å²) in [5.74, 6) is 1.87.